The molecule has 0 aliphatic heterocycles. The standard InChI is InChI=1S/C25H36N4O3/c1-17-21(18(2)29(5)27-17)15-24(32)28(4)22-11-13-25(14-12-23(22)31,16-26-19(3)30)20-9-7-6-8-10-20/h6-10,22-23,31H,11-16H2,1-5H3,(H,26,30)/t22-,23-,25-/m1/s1. The highest BCUT2D eigenvalue weighted by molar-refractivity contribution is 5.79. The zero-order valence-electron chi connectivity index (χ0n) is 19.9. The number of hydrogen-bond acceptors (Lipinski definition) is 4. The Balaban J connectivity index is 1.79. The summed E-state index contributed by atoms with van der Waals surface area (Å²) < 4.78 is 1.80. The molecule has 1 fully saturated rings. The van der Waals surface area contributed by atoms with Gasteiger partial charge in [-0.25, -0.2) is 0 Å². The summed E-state index contributed by atoms with van der Waals surface area (Å²) in [5, 5.41) is 18.4. The molecule has 3 rings (SSSR count). The zero-order valence-corrected chi connectivity index (χ0v) is 19.9. The van der Waals surface area contributed by atoms with E-state index in [2.05, 4.69) is 22.5 Å². The molecule has 0 bridgehead atoms. The first kappa shape index (κ1) is 24.0. The Morgan fingerprint density at radius 2 is 1.88 bits per heavy atom. The summed E-state index contributed by atoms with van der Waals surface area (Å²) in [7, 11) is 3.67. The van der Waals surface area contributed by atoms with Crippen LogP contribution < -0.4 is 5.32 Å². The summed E-state index contributed by atoms with van der Waals surface area (Å²) in [6.45, 7) is 5.95. The Morgan fingerprint density at radius 3 is 2.47 bits per heavy atom. The summed E-state index contributed by atoms with van der Waals surface area (Å²) >= 11 is 0. The molecule has 2 N–H and O–H groups in total. The topological polar surface area (TPSA) is 87.5 Å². The van der Waals surface area contributed by atoms with E-state index in [-0.39, 0.29) is 29.7 Å². The highest BCUT2D eigenvalue weighted by Crippen LogP contribution is 2.39. The van der Waals surface area contributed by atoms with Gasteiger partial charge in [0.05, 0.1) is 24.3 Å². The molecule has 3 atom stereocenters. The molecule has 1 aliphatic carbocycles. The first-order chi connectivity index (χ1) is 15.1. The number of rotatable bonds is 6. The summed E-state index contributed by atoms with van der Waals surface area (Å²) in [6.07, 6.45) is 2.44. The van der Waals surface area contributed by atoms with Crippen LogP contribution in [0.5, 0.6) is 0 Å². The van der Waals surface area contributed by atoms with E-state index in [1.165, 1.54) is 6.92 Å². The molecule has 1 aromatic carbocycles. The minimum atomic E-state index is -0.608. The van der Waals surface area contributed by atoms with E-state index < -0.39 is 6.10 Å². The van der Waals surface area contributed by atoms with Gasteiger partial charge in [-0.05, 0) is 45.1 Å². The lowest BCUT2D eigenvalue weighted by Crippen LogP contribution is -2.45. The minimum Gasteiger partial charge on any atom is -0.391 e. The molecule has 0 spiro atoms. The van der Waals surface area contributed by atoms with Crippen molar-refractivity contribution in [3.8, 4) is 0 Å². The van der Waals surface area contributed by atoms with Crippen LogP contribution in [0.4, 0.5) is 0 Å². The number of aromatic nitrogens is 2. The van der Waals surface area contributed by atoms with Gasteiger partial charge in [0.1, 0.15) is 0 Å². The molecule has 32 heavy (non-hydrogen) atoms. The summed E-state index contributed by atoms with van der Waals surface area (Å²) in [6, 6.07) is 9.94. The van der Waals surface area contributed by atoms with Crippen LogP contribution in [0.15, 0.2) is 30.3 Å². The van der Waals surface area contributed by atoms with Gasteiger partial charge in [0.15, 0.2) is 0 Å². The molecule has 0 radical (unpaired) electrons. The van der Waals surface area contributed by atoms with Crippen LogP contribution in [0, 0.1) is 13.8 Å². The molecule has 2 amide bonds. The lowest BCUT2D eigenvalue weighted by molar-refractivity contribution is -0.133. The number of carbonyl (C=O) groups excluding carboxylic acids is 2. The van der Waals surface area contributed by atoms with E-state index in [1.807, 2.05) is 39.1 Å². The second-order valence-corrected chi connectivity index (χ2v) is 9.22. The van der Waals surface area contributed by atoms with Crippen molar-refractivity contribution >= 4 is 11.8 Å². The molecule has 7 nitrogen and oxygen atoms in total. The normalized spacial score (nSPS) is 23.4. The van der Waals surface area contributed by atoms with Gasteiger partial charge < -0.3 is 15.3 Å². The number of nitrogens with zero attached hydrogens (tertiary/aromatic N) is 3. The highest BCUT2D eigenvalue weighted by atomic mass is 16.3. The number of amides is 2. The third kappa shape index (κ3) is 5.04. The molecule has 0 unspecified atom stereocenters. The summed E-state index contributed by atoms with van der Waals surface area (Å²) in [5.74, 6) is -0.0709. The average Bonchev–Trinajstić information content (AvgIpc) is 2.91. The number of aliphatic hydroxyl groups is 1. The fourth-order valence-electron chi connectivity index (χ4n) is 5.00. The Hall–Kier alpha value is -2.67. The van der Waals surface area contributed by atoms with Crippen molar-refractivity contribution < 1.29 is 14.7 Å². The van der Waals surface area contributed by atoms with Crippen molar-refractivity contribution in [2.75, 3.05) is 13.6 Å². The fraction of sp³-hybridized carbons (Fsp3) is 0.560. The van der Waals surface area contributed by atoms with Crippen molar-refractivity contribution in [1.82, 2.24) is 20.0 Å². The quantitative estimate of drug-likeness (QED) is 0.676. The molecule has 7 heteroatoms. The number of benzene rings is 1. The van der Waals surface area contributed by atoms with Crippen LogP contribution in [0.25, 0.3) is 0 Å². The molecule has 0 saturated heterocycles. The SMILES string of the molecule is CC(=O)NC[C@]1(c2ccccc2)CC[C@@H](O)[C@H](N(C)C(=O)Cc2c(C)nn(C)c2C)CC1. The number of nitrogens with one attached hydrogen (secondary N) is 1. The highest BCUT2D eigenvalue weighted by Gasteiger charge is 2.40. The van der Waals surface area contributed by atoms with Crippen molar-refractivity contribution in [3.63, 3.8) is 0 Å². The third-order valence-corrected chi connectivity index (χ3v) is 7.22. The van der Waals surface area contributed by atoms with Crippen LogP contribution in [0.3, 0.4) is 0 Å². The maximum Gasteiger partial charge on any atom is 0.227 e. The van der Waals surface area contributed by atoms with Crippen LogP contribution >= 0.6 is 0 Å². The van der Waals surface area contributed by atoms with E-state index in [9.17, 15) is 14.7 Å². The van der Waals surface area contributed by atoms with Gasteiger partial charge in [-0.2, -0.15) is 5.10 Å². The molecular formula is C25H36N4O3. The van der Waals surface area contributed by atoms with Crippen LogP contribution in [0.1, 0.15) is 55.1 Å². The van der Waals surface area contributed by atoms with E-state index in [1.54, 1.807) is 16.6 Å². The zero-order chi connectivity index (χ0) is 23.5. The minimum absolute atomic E-state index is 0.0117. The Morgan fingerprint density at radius 1 is 1.22 bits per heavy atom. The Kier molecular flexibility index (Phi) is 7.39. The van der Waals surface area contributed by atoms with E-state index >= 15 is 0 Å². The number of carbonyl (C=O) groups is 2. The van der Waals surface area contributed by atoms with E-state index in [4.69, 9.17) is 0 Å². The Bertz CT molecular complexity index is 956. The first-order valence-corrected chi connectivity index (χ1v) is 11.4. The van der Waals surface area contributed by atoms with Crippen LogP contribution in [0.2, 0.25) is 0 Å². The Labute approximate surface area is 190 Å². The molecule has 174 valence electrons. The second kappa shape index (κ2) is 9.86. The molecule has 1 aromatic heterocycles. The number of aliphatic hydroxyl groups excluding tert-OH is 1. The molecule has 1 heterocycles. The fourth-order valence-corrected chi connectivity index (χ4v) is 5.00. The largest absolute Gasteiger partial charge is 0.391 e. The monoisotopic (exact) mass is 440 g/mol. The first-order valence-electron chi connectivity index (χ1n) is 11.4. The van der Waals surface area contributed by atoms with Crippen molar-refractivity contribution in [1.29, 1.82) is 0 Å². The lowest BCUT2D eigenvalue weighted by Gasteiger charge is -2.34. The van der Waals surface area contributed by atoms with E-state index in [0.29, 0.717) is 19.4 Å². The number of aryl methyl sites for hydroxylation is 2. The van der Waals surface area contributed by atoms with Crippen LogP contribution in [-0.4, -0.2) is 57.3 Å². The van der Waals surface area contributed by atoms with Crippen molar-refractivity contribution in [2.45, 2.75) is 70.4 Å². The summed E-state index contributed by atoms with van der Waals surface area (Å²) in [4.78, 5) is 26.6. The van der Waals surface area contributed by atoms with Gasteiger partial charge in [0.25, 0.3) is 0 Å². The predicted octanol–water partition coefficient (Wildman–Crippen LogP) is 2.42. The third-order valence-electron chi connectivity index (χ3n) is 7.22. The number of likely N-dealkylation sites (N-methyl/N-ethyl adjacent to an activating group) is 1. The second-order valence-electron chi connectivity index (χ2n) is 9.22. The molecule has 1 saturated carbocycles. The maximum atomic E-state index is 13.2. The molecule has 2 aromatic rings. The predicted molar refractivity (Wildman–Crippen MR) is 124 cm³/mol. The van der Waals surface area contributed by atoms with Gasteiger partial charge in [-0.15, -0.1) is 0 Å². The average molecular weight is 441 g/mol. The summed E-state index contributed by atoms with van der Waals surface area (Å²) in [5.41, 5.74) is 3.72. The maximum absolute atomic E-state index is 13.2. The number of hydrogen-bond donors (Lipinski definition) is 2. The van der Waals surface area contributed by atoms with Gasteiger partial charge in [-0.1, -0.05) is 30.3 Å². The van der Waals surface area contributed by atoms with Gasteiger partial charge >= 0.3 is 0 Å². The van der Waals surface area contributed by atoms with E-state index in [0.717, 1.165) is 35.4 Å². The lowest BCUT2D eigenvalue weighted by atomic mass is 9.74. The van der Waals surface area contributed by atoms with Crippen molar-refractivity contribution in [2.24, 2.45) is 7.05 Å². The van der Waals surface area contributed by atoms with Crippen LogP contribution in [-0.2, 0) is 28.5 Å². The van der Waals surface area contributed by atoms with Gasteiger partial charge in [0.2, 0.25) is 11.8 Å². The molecular weight excluding hydrogens is 404 g/mol. The smallest absolute Gasteiger partial charge is 0.227 e. The van der Waals surface area contributed by atoms with Gasteiger partial charge in [-0.3, -0.25) is 14.3 Å². The van der Waals surface area contributed by atoms with Crippen molar-refractivity contribution in [3.05, 3.63) is 52.8 Å². The molecule has 1 aliphatic rings. The van der Waals surface area contributed by atoms with Gasteiger partial charge in [0, 0.05) is 44.2 Å².